The van der Waals surface area contributed by atoms with E-state index in [2.05, 4.69) is 0 Å². The third-order valence-corrected chi connectivity index (χ3v) is 3.71. The minimum atomic E-state index is -0.885. The van der Waals surface area contributed by atoms with E-state index in [4.69, 9.17) is 5.11 Å². The highest BCUT2D eigenvalue weighted by Gasteiger charge is 2.32. The molecule has 0 aliphatic carbocycles. The van der Waals surface area contributed by atoms with E-state index in [1.54, 1.807) is 19.1 Å². The van der Waals surface area contributed by atoms with Gasteiger partial charge in [0.2, 0.25) is 0 Å². The van der Waals surface area contributed by atoms with Gasteiger partial charge in [-0.15, -0.1) is 0 Å². The molecule has 2 atom stereocenters. The van der Waals surface area contributed by atoms with Gasteiger partial charge < -0.3 is 10.0 Å². The number of nitrogens with zero attached hydrogens (tertiary/aromatic N) is 1. The van der Waals surface area contributed by atoms with Gasteiger partial charge >= 0.3 is 5.97 Å². The lowest BCUT2D eigenvalue weighted by Gasteiger charge is -2.34. The Morgan fingerprint density at radius 3 is 2.65 bits per heavy atom. The maximum Gasteiger partial charge on any atom is 0.308 e. The van der Waals surface area contributed by atoms with Crippen LogP contribution in [0, 0.1) is 24.6 Å². The van der Waals surface area contributed by atoms with Crippen molar-refractivity contribution in [3.05, 3.63) is 35.1 Å². The molecule has 1 aliphatic rings. The first-order valence-electron chi connectivity index (χ1n) is 6.66. The number of carboxylic acid groups (broad SMARTS) is 1. The van der Waals surface area contributed by atoms with E-state index in [1.807, 2.05) is 6.92 Å². The Hall–Kier alpha value is -1.91. The molecular weight excluding hydrogens is 261 g/mol. The SMILES string of the molecule is Cc1ccc(C(=O)N2CC(C)CC(C(=O)O)C2)cc1F. The lowest BCUT2D eigenvalue weighted by molar-refractivity contribution is -0.143. The minimum absolute atomic E-state index is 0.129. The summed E-state index contributed by atoms with van der Waals surface area (Å²) in [5, 5.41) is 9.11. The summed E-state index contributed by atoms with van der Waals surface area (Å²) in [6, 6.07) is 4.35. The number of carbonyl (C=O) groups excluding carboxylic acids is 1. The van der Waals surface area contributed by atoms with E-state index in [1.165, 1.54) is 11.0 Å². The number of hydrogen-bond donors (Lipinski definition) is 1. The van der Waals surface area contributed by atoms with Crippen LogP contribution in [0.15, 0.2) is 18.2 Å². The highest BCUT2D eigenvalue weighted by molar-refractivity contribution is 5.94. The second kappa shape index (κ2) is 5.61. The first-order chi connectivity index (χ1) is 9.38. The van der Waals surface area contributed by atoms with Crippen molar-refractivity contribution in [2.75, 3.05) is 13.1 Å². The van der Waals surface area contributed by atoms with E-state index in [9.17, 15) is 14.0 Å². The Morgan fingerprint density at radius 2 is 2.05 bits per heavy atom. The lowest BCUT2D eigenvalue weighted by Crippen LogP contribution is -2.45. The topological polar surface area (TPSA) is 57.6 Å². The molecule has 1 N–H and O–H groups in total. The average molecular weight is 279 g/mol. The molecule has 1 fully saturated rings. The van der Waals surface area contributed by atoms with Crippen LogP contribution in [-0.2, 0) is 4.79 Å². The summed E-state index contributed by atoms with van der Waals surface area (Å²) < 4.78 is 13.5. The van der Waals surface area contributed by atoms with Gasteiger partial charge in [0.25, 0.3) is 5.91 Å². The monoisotopic (exact) mass is 279 g/mol. The molecule has 108 valence electrons. The van der Waals surface area contributed by atoms with E-state index >= 15 is 0 Å². The summed E-state index contributed by atoms with van der Waals surface area (Å²) in [5.41, 5.74) is 0.753. The Morgan fingerprint density at radius 1 is 1.35 bits per heavy atom. The second-order valence-electron chi connectivity index (χ2n) is 5.55. The molecule has 4 nitrogen and oxygen atoms in total. The fourth-order valence-electron chi connectivity index (χ4n) is 2.60. The molecule has 20 heavy (non-hydrogen) atoms. The third-order valence-electron chi connectivity index (χ3n) is 3.71. The van der Waals surface area contributed by atoms with Gasteiger partial charge in [-0.2, -0.15) is 0 Å². The fourth-order valence-corrected chi connectivity index (χ4v) is 2.60. The number of likely N-dealkylation sites (tertiary alicyclic amines) is 1. The van der Waals surface area contributed by atoms with Crippen LogP contribution in [0.3, 0.4) is 0 Å². The zero-order valence-corrected chi connectivity index (χ0v) is 11.6. The number of carboxylic acids is 1. The van der Waals surface area contributed by atoms with E-state index in [-0.39, 0.29) is 23.9 Å². The van der Waals surface area contributed by atoms with Gasteiger partial charge in [-0.25, -0.2) is 4.39 Å². The molecular formula is C15H18FNO3. The van der Waals surface area contributed by atoms with Crippen LogP contribution in [0.5, 0.6) is 0 Å². The zero-order chi connectivity index (χ0) is 14.9. The predicted molar refractivity (Wildman–Crippen MR) is 71.9 cm³/mol. The lowest BCUT2D eigenvalue weighted by atomic mass is 9.90. The van der Waals surface area contributed by atoms with Crippen molar-refractivity contribution >= 4 is 11.9 Å². The highest BCUT2D eigenvalue weighted by Crippen LogP contribution is 2.23. The van der Waals surface area contributed by atoms with Crippen molar-refractivity contribution < 1.29 is 19.1 Å². The molecule has 1 heterocycles. The van der Waals surface area contributed by atoms with Crippen molar-refractivity contribution in [3.63, 3.8) is 0 Å². The van der Waals surface area contributed by atoms with Crippen molar-refractivity contribution in [1.82, 2.24) is 4.90 Å². The summed E-state index contributed by atoms with van der Waals surface area (Å²) in [5.74, 6) is -2.02. The van der Waals surface area contributed by atoms with Crippen LogP contribution >= 0.6 is 0 Å². The molecule has 2 unspecified atom stereocenters. The van der Waals surface area contributed by atoms with Crippen LogP contribution in [0.2, 0.25) is 0 Å². The summed E-state index contributed by atoms with van der Waals surface area (Å²) in [6.07, 6.45) is 0.571. The Kier molecular flexibility index (Phi) is 4.06. The standard InChI is InChI=1S/C15H18FNO3/c1-9-5-12(15(19)20)8-17(7-9)14(18)11-4-3-10(2)13(16)6-11/h3-4,6,9,12H,5,7-8H2,1-2H3,(H,19,20). The number of amides is 1. The van der Waals surface area contributed by atoms with Gasteiger partial charge in [-0.3, -0.25) is 9.59 Å². The molecule has 1 aliphatic heterocycles. The number of aryl methyl sites for hydroxylation is 1. The normalized spacial score (nSPS) is 22.6. The molecule has 1 amide bonds. The van der Waals surface area contributed by atoms with Crippen LogP contribution < -0.4 is 0 Å². The summed E-state index contributed by atoms with van der Waals surface area (Å²) >= 11 is 0. The number of rotatable bonds is 2. The molecule has 0 radical (unpaired) electrons. The van der Waals surface area contributed by atoms with Crippen molar-refractivity contribution in [3.8, 4) is 0 Å². The number of carbonyl (C=O) groups is 2. The van der Waals surface area contributed by atoms with Gasteiger partial charge in [-0.1, -0.05) is 13.0 Å². The molecule has 5 heteroatoms. The van der Waals surface area contributed by atoms with Gasteiger partial charge in [0, 0.05) is 18.7 Å². The summed E-state index contributed by atoms with van der Waals surface area (Å²) in [4.78, 5) is 25.0. The molecule has 1 aromatic rings. The van der Waals surface area contributed by atoms with Gasteiger partial charge in [0.05, 0.1) is 5.92 Å². The van der Waals surface area contributed by atoms with Crippen LogP contribution in [0.1, 0.15) is 29.3 Å². The maximum absolute atomic E-state index is 13.5. The van der Waals surface area contributed by atoms with Gasteiger partial charge in [-0.05, 0) is 37.0 Å². The van der Waals surface area contributed by atoms with Crippen molar-refractivity contribution in [1.29, 1.82) is 0 Å². The number of halogens is 1. The molecule has 0 aromatic heterocycles. The molecule has 1 saturated heterocycles. The number of aliphatic carboxylic acids is 1. The predicted octanol–water partition coefficient (Wildman–Crippen LogP) is 2.32. The molecule has 1 aromatic carbocycles. The van der Waals surface area contributed by atoms with Gasteiger partial charge in [0.15, 0.2) is 0 Å². The van der Waals surface area contributed by atoms with Crippen molar-refractivity contribution in [2.45, 2.75) is 20.3 Å². The molecule has 2 rings (SSSR count). The minimum Gasteiger partial charge on any atom is -0.481 e. The fraction of sp³-hybridized carbons (Fsp3) is 0.467. The van der Waals surface area contributed by atoms with Crippen LogP contribution in [0.4, 0.5) is 4.39 Å². The number of benzene rings is 1. The highest BCUT2D eigenvalue weighted by atomic mass is 19.1. The Balaban J connectivity index is 2.19. The third kappa shape index (κ3) is 2.98. The maximum atomic E-state index is 13.5. The Labute approximate surface area is 117 Å². The van der Waals surface area contributed by atoms with Gasteiger partial charge in [0.1, 0.15) is 5.82 Å². The molecule has 0 spiro atoms. The Bertz CT molecular complexity index is 544. The quantitative estimate of drug-likeness (QED) is 0.903. The zero-order valence-electron chi connectivity index (χ0n) is 11.6. The number of piperidine rings is 1. The summed E-state index contributed by atoms with van der Waals surface area (Å²) in [7, 11) is 0. The molecule has 0 bridgehead atoms. The smallest absolute Gasteiger partial charge is 0.308 e. The average Bonchev–Trinajstić information content (AvgIpc) is 2.40. The first kappa shape index (κ1) is 14.5. The summed E-state index contributed by atoms with van der Waals surface area (Å²) in [6.45, 7) is 4.25. The van der Waals surface area contributed by atoms with Crippen LogP contribution in [-0.4, -0.2) is 35.0 Å². The number of hydrogen-bond acceptors (Lipinski definition) is 2. The van der Waals surface area contributed by atoms with Crippen LogP contribution in [0.25, 0.3) is 0 Å². The van der Waals surface area contributed by atoms with E-state index in [0.717, 1.165) is 0 Å². The first-order valence-corrected chi connectivity index (χ1v) is 6.66. The van der Waals surface area contributed by atoms with E-state index < -0.39 is 17.7 Å². The van der Waals surface area contributed by atoms with Crippen molar-refractivity contribution in [2.24, 2.45) is 11.8 Å². The molecule has 0 saturated carbocycles. The largest absolute Gasteiger partial charge is 0.481 e. The van der Waals surface area contributed by atoms with E-state index in [0.29, 0.717) is 18.5 Å². The second-order valence-corrected chi connectivity index (χ2v) is 5.55.